The molecule has 1 saturated carbocycles. The largest absolute Gasteiger partial charge is 0.466 e. The molecule has 0 unspecified atom stereocenters. The number of hydrogen-bond acceptors (Lipinski definition) is 8. The van der Waals surface area contributed by atoms with Crippen molar-refractivity contribution < 1.29 is 18.8 Å². The Hall–Kier alpha value is -3.63. The maximum absolute atomic E-state index is 13.7. The van der Waals surface area contributed by atoms with Gasteiger partial charge in [-0.3, -0.25) is 19.3 Å². The molecule has 10 nitrogen and oxygen atoms in total. The highest BCUT2D eigenvalue weighted by molar-refractivity contribution is 5.72. The molecule has 0 bridgehead atoms. The molecule has 3 aromatic rings. The molecule has 4 rings (SSSR count). The first-order valence-corrected chi connectivity index (χ1v) is 10.0. The summed E-state index contributed by atoms with van der Waals surface area (Å²) in [5, 5.41) is 14.6. The van der Waals surface area contributed by atoms with E-state index in [9.17, 15) is 19.3 Å². The van der Waals surface area contributed by atoms with Crippen molar-refractivity contribution in [3.05, 3.63) is 46.7 Å². The summed E-state index contributed by atoms with van der Waals surface area (Å²) in [6.45, 7) is 2.12. The van der Waals surface area contributed by atoms with Crippen molar-refractivity contribution in [2.24, 2.45) is 5.92 Å². The molecular formula is C20H21FN6O4. The number of aromatic nitrogens is 4. The van der Waals surface area contributed by atoms with Crippen LogP contribution < -0.4 is 5.32 Å². The van der Waals surface area contributed by atoms with E-state index in [1.54, 1.807) is 6.92 Å². The lowest BCUT2D eigenvalue weighted by molar-refractivity contribution is -0.384. The molecule has 3 aromatic heterocycles. The summed E-state index contributed by atoms with van der Waals surface area (Å²) < 4.78 is 20.3. The van der Waals surface area contributed by atoms with E-state index in [4.69, 9.17) is 4.74 Å². The molecule has 11 heteroatoms. The lowest BCUT2D eigenvalue weighted by atomic mass is 9.86. The fourth-order valence-electron chi connectivity index (χ4n) is 3.79. The number of hydrogen-bond donors (Lipinski definition) is 1. The molecule has 1 aliphatic rings. The lowest BCUT2D eigenvalue weighted by Gasteiger charge is -2.28. The van der Waals surface area contributed by atoms with Crippen molar-refractivity contribution in [3.8, 4) is 11.5 Å². The zero-order chi connectivity index (χ0) is 22.0. The first-order chi connectivity index (χ1) is 15.0. The second-order valence-corrected chi connectivity index (χ2v) is 7.35. The Morgan fingerprint density at radius 2 is 2.06 bits per heavy atom. The summed E-state index contributed by atoms with van der Waals surface area (Å²) in [5.74, 6) is -0.532. The Kier molecular flexibility index (Phi) is 5.74. The fraction of sp³-hybridized carbons (Fsp3) is 0.400. The Bertz CT molecular complexity index is 1130. The third-order valence-electron chi connectivity index (χ3n) is 5.35. The first kappa shape index (κ1) is 20.6. The highest BCUT2D eigenvalue weighted by Gasteiger charge is 2.29. The van der Waals surface area contributed by atoms with E-state index in [-0.39, 0.29) is 35.3 Å². The van der Waals surface area contributed by atoms with Gasteiger partial charge >= 0.3 is 11.7 Å². The van der Waals surface area contributed by atoms with Gasteiger partial charge < -0.3 is 10.1 Å². The molecule has 0 radical (unpaired) electrons. The second kappa shape index (κ2) is 8.62. The van der Waals surface area contributed by atoms with E-state index < -0.39 is 10.7 Å². The monoisotopic (exact) mass is 428 g/mol. The molecule has 31 heavy (non-hydrogen) atoms. The molecule has 0 amide bonds. The fourth-order valence-corrected chi connectivity index (χ4v) is 3.79. The smallest absolute Gasteiger partial charge is 0.329 e. The second-order valence-electron chi connectivity index (χ2n) is 7.35. The van der Waals surface area contributed by atoms with Crippen LogP contribution in [0.15, 0.2) is 30.7 Å². The van der Waals surface area contributed by atoms with Crippen LogP contribution in [0.5, 0.6) is 0 Å². The normalized spacial score (nSPS) is 18.6. The zero-order valence-corrected chi connectivity index (χ0v) is 16.8. The van der Waals surface area contributed by atoms with Gasteiger partial charge in [-0.2, -0.15) is 0 Å². The van der Waals surface area contributed by atoms with Crippen LogP contribution in [0.4, 0.5) is 15.9 Å². The summed E-state index contributed by atoms with van der Waals surface area (Å²) in [6.07, 6.45) is 6.45. The van der Waals surface area contributed by atoms with Gasteiger partial charge in [0.2, 0.25) is 5.82 Å². The van der Waals surface area contributed by atoms with Crippen molar-refractivity contribution in [2.75, 3.05) is 11.9 Å². The number of esters is 1. The van der Waals surface area contributed by atoms with E-state index in [2.05, 4.69) is 20.3 Å². The number of carbonyl (C=O) groups is 1. The number of ether oxygens (including phenoxy) is 1. The molecule has 1 fully saturated rings. The van der Waals surface area contributed by atoms with E-state index in [0.29, 0.717) is 43.6 Å². The van der Waals surface area contributed by atoms with Crippen LogP contribution in [0.25, 0.3) is 17.2 Å². The Morgan fingerprint density at radius 1 is 1.29 bits per heavy atom. The minimum atomic E-state index is -0.551. The summed E-state index contributed by atoms with van der Waals surface area (Å²) in [4.78, 5) is 35.5. The maximum Gasteiger partial charge on any atom is 0.329 e. The number of carbonyl (C=O) groups excluding carboxylic acids is 1. The summed E-state index contributed by atoms with van der Waals surface area (Å²) in [6, 6.07) is 2.74. The van der Waals surface area contributed by atoms with E-state index in [1.807, 2.05) is 0 Å². The molecule has 162 valence electrons. The minimum Gasteiger partial charge on any atom is -0.466 e. The predicted molar refractivity (Wildman–Crippen MR) is 109 cm³/mol. The third kappa shape index (κ3) is 4.30. The van der Waals surface area contributed by atoms with Gasteiger partial charge in [-0.1, -0.05) is 0 Å². The highest BCUT2D eigenvalue weighted by atomic mass is 19.1. The number of nitrogens with one attached hydrogen (secondary N) is 1. The number of nitrogens with zero attached hydrogens (tertiary/aromatic N) is 5. The van der Waals surface area contributed by atoms with Gasteiger partial charge in [-0.15, -0.1) is 0 Å². The van der Waals surface area contributed by atoms with Crippen molar-refractivity contribution in [3.63, 3.8) is 0 Å². The molecule has 1 N–H and O–H groups in total. The quantitative estimate of drug-likeness (QED) is 0.360. The zero-order valence-electron chi connectivity index (χ0n) is 16.8. The van der Waals surface area contributed by atoms with Gasteiger partial charge in [0.1, 0.15) is 23.4 Å². The van der Waals surface area contributed by atoms with Crippen LogP contribution in [-0.2, 0) is 9.53 Å². The van der Waals surface area contributed by atoms with Crippen LogP contribution in [0, 0.1) is 21.8 Å². The van der Waals surface area contributed by atoms with Gasteiger partial charge in [0.15, 0.2) is 5.82 Å². The number of anilines is 1. The Morgan fingerprint density at radius 3 is 2.77 bits per heavy atom. The predicted octanol–water partition coefficient (Wildman–Crippen LogP) is 3.37. The number of imidazole rings is 1. The van der Waals surface area contributed by atoms with Crippen LogP contribution >= 0.6 is 0 Å². The number of nitro groups is 1. The average molecular weight is 428 g/mol. The Labute approximate surface area is 176 Å². The number of halogens is 1. The summed E-state index contributed by atoms with van der Waals surface area (Å²) in [7, 11) is 0. The molecule has 1 aliphatic carbocycles. The van der Waals surface area contributed by atoms with Crippen molar-refractivity contribution in [1.82, 2.24) is 19.4 Å². The molecule has 3 heterocycles. The minimum absolute atomic E-state index is 0.0771. The van der Waals surface area contributed by atoms with Gasteiger partial charge in [0.25, 0.3) is 0 Å². The van der Waals surface area contributed by atoms with Crippen LogP contribution in [0.1, 0.15) is 32.6 Å². The molecule has 0 spiro atoms. The van der Waals surface area contributed by atoms with Crippen molar-refractivity contribution >= 4 is 23.1 Å². The lowest BCUT2D eigenvalue weighted by Crippen LogP contribution is -2.30. The van der Waals surface area contributed by atoms with E-state index >= 15 is 0 Å². The van der Waals surface area contributed by atoms with Crippen LogP contribution in [-0.4, -0.2) is 42.9 Å². The van der Waals surface area contributed by atoms with E-state index in [1.165, 1.54) is 28.9 Å². The molecule has 0 aromatic carbocycles. The van der Waals surface area contributed by atoms with Crippen molar-refractivity contribution in [2.45, 2.75) is 38.6 Å². The third-order valence-corrected chi connectivity index (χ3v) is 5.35. The summed E-state index contributed by atoms with van der Waals surface area (Å²) >= 11 is 0. The first-order valence-electron chi connectivity index (χ1n) is 10.0. The van der Waals surface area contributed by atoms with Gasteiger partial charge in [0.05, 0.1) is 23.6 Å². The van der Waals surface area contributed by atoms with Crippen LogP contribution in [0.2, 0.25) is 0 Å². The summed E-state index contributed by atoms with van der Waals surface area (Å²) in [5.41, 5.74) is 0.667. The van der Waals surface area contributed by atoms with Gasteiger partial charge in [0, 0.05) is 12.2 Å². The van der Waals surface area contributed by atoms with Crippen LogP contribution in [0.3, 0.4) is 0 Å². The van der Waals surface area contributed by atoms with Gasteiger partial charge in [-0.05, 0) is 44.7 Å². The van der Waals surface area contributed by atoms with Gasteiger partial charge in [-0.25, -0.2) is 19.3 Å². The SMILES string of the molecule is CCOC(=O)C1CCC(Nc2nc(-c3cnc4ccc(F)cn34)ncc2[N+](=O)[O-])CC1. The molecule has 0 atom stereocenters. The topological polar surface area (TPSA) is 125 Å². The molecule has 0 saturated heterocycles. The highest BCUT2D eigenvalue weighted by Crippen LogP contribution is 2.31. The standard InChI is InChI=1S/C20H21FN6O4/c1-2-31-20(28)12-3-6-14(7-4-12)24-19-16(27(29)30)10-23-18(25-19)15-9-22-17-8-5-13(21)11-26(15)17/h5,8-12,14H,2-4,6-7H2,1H3,(H,23,24,25). The Balaban J connectivity index is 1.58. The molecule has 0 aliphatic heterocycles. The number of fused-ring (bicyclic) bond motifs is 1. The molecular weight excluding hydrogens is 407 g/mol. The number of pyridine rings is 1. The number of rotatable bonds is 6. The maximum atomic E-state index is 13.7. The van der Waals surface area contributed by atoms with E-state index in [0.717, 1.165) is 6.20 Å². The average Bonchev–Trinajstić information content (AvgIpc) is 3.17. The van der Waals surface area contributed by atoms with Crippen molar-refractivity contribution in [1.29, 1.82) is 0 Å².